The number of para-hydroxylation sites is 1. The Morgan fingerprint density at radius 2 is 1.04 bits per heavy atom. The molecule has 10 heterocycles. The first-order chi connectivity index (χ1) is 65.1. The second-order valence-electron chi connectivity index (χ2n) is 36.1. The molecule has 1 atom stereocenters. The highest BCUT2D eigenvalue weighted by Crippen LogP contribution is 2.38. The summed E-state index contributed by atoms with van der Waals surface area (Å²) >= 11 is 0. The van der Waals surface area contributed by atoms with Gasteiger partial charge in [0, 0.05) is 162 Å². The minimum absolute atomic E-state index is 0.0661. The highest BCUT2D eigenvalue weighted by molar-refractivity contribution is 6.08. The normalized spacial score (nSPS) is 13.9. The summed E-state index contributed by atoms with van der Waals surface area (Å²) in [6.45, 7) is 21.3. The molecule has 9 aromatic heterocycles. The Morgan fingerprint density at radius 1 is 0.515 bits per heavy atom. The molecule has 1 aliphatic heterocycles. The summed E-state index contributed by atoms with van der Waals surface area (Å²) in [6.07, 6.45) is 36.3. The summed E-state index contributed by atoms with van der Waals surface area (Å²) in [5.41, 5.74) is 43.6. The molecule has 23 heteroatoms. The van der Waals surface area contributed by atoms with E-state index in [9.17, 15) is 9.59 Å². The molecule has 17 aromatic rings. The molecule has 4 N–H and O–H groups in total. The Balaban J connectivity index is 0.000000117. The average molecular weight is 1790 g/mol. The Labute approximate surface area is 783 Å². The topological polar surface area (TPSA) is 254 Å². The van der Waals surface area contributed by atoms with Gasteiger partial charge in [-0.3, -0.25) is 9.69 Å². The number of hydrogen-bond acceptors (Lipinski definition) is 14. The fourth-order valence-corrected chi connectivity index (χ4v) is 18.9. The van der Waals surface area contributed by atoms with Crippen LogP contribution in [0.25, 0.3) is 96.0 Å². The summed E-state index contributed by atoms with van der Waals surface area (Å²) in [5, 5.41) is 31.9. The molecule has 0 amide bonds. The molecule has 23 nitrogen and oxygen atoms in total. The van der Waals surface area contributed by atoms with Crippen molar-refractivity contribution >= 4 is 79.6 Å². The fourth-order valence-electron chi connectivity index (χ4n) is 18.9. The number of unbranched alkanes of at least 4 members (excludes halogenated alkanes) is 1. The first-order valence-electron chi connectivity index (χ1n) is 46.7. The number of allylic oxidation sites excluding steroid dienone is 3. The van der Waals surface area contributed by atoms with Gasteiger partial charge in [0.25, 0.3) is 0 Å². The van der Waals surface area contributed by atoms with Gasteiger partial charge in [0.05, 0.1) is 70.0 Å². The van der Waals surface area contributed by atoms with Gasteiger partial charge in [0.1, 0.15) is 11.8 Å². The van der Waals surface area contributed by atoms with Crippen molar-refractivity contribution in [1.82, 2.24) is 77.3 Å². The minimum atomic E-state index is -0.636. The summed E-state index contributed by atoms with van der Waals surface area (Å²) in [5.74, 6) is 0.898. The van der Waals surface area contributed by atoms with E-state index in [1.54, 1.807) is 30.1 Å². The van der Waals surface area contributed by atoms with Gasteiger partial charge in [0.2, 0.25) is 0 Å². The quantitative estimate of drug-likeness (QED) is 0.0635. The Morgan fingerprint density at radius 3 is 1.72 bits per heavy atom. The predicted molar refractivity (Wildman–Crippen MR) is 534 cm³/mol. The molecule has 2 fully saturated rings. The van der Waals surface area contributed by atoms with Crippen LogP contribution in [-0.2, 0) is 95.2 Å². The maximum atomic E-state index is 11.5. The maximum Gasteiger partial charge on any atom is 0.373 e. The number of carbonyl (C=O) groups is 2. The summed E-state index contributed by atoms with van der Waals surface area (Å²) in [7, 11) is 4.13. The Kier molecular flexibility index (Phi) is 29.5. The van der Waals surface area contributed by atoms with Gasteiger partial charge < -0.3 is 34.7 Å². The van der Waals surface area contributed by atoms with E-state index in [0.717, 1.165) is 131 Å². The standard InChI is InChI=1S/C25H23N3.C18H21N3O.C18H20N2.C17H19N3O.C16H20N4.C16H17N3O.CO2/c1-2-27-24-11-7-6-10-22(24)23-18-21(14-15-25(23)27)28-20(16-17-26-28)13-12-19-8-4-3-5-9-19;1-14(22)5-3-4-6-16-9-11-19-21(16)17-7-8-18-15(13-17)10-12-20(18)2;1-13-10-15-6-7-17(12-16(15)11-13)20-18(8-9-19-20)14-4-2-3-5-14;1-2-14-4-5-16(12-15(14)3-1)20-17(6-7-18-20)13-19-8-10-21-11-9-19;1-11-9-12-10-13(5-6-14(12)19(11)4)20-15(7-8-18-20)16(2,3)17;1-10-7-12-3-4-14(9-13(12)8-10)19-15(5-6-18-19)16(17)11(2)20;2-1-3/h3-11,14-18H,2,12-13H2,1H3;7-13H,3-6H2,1-2H3;6-9,11-12,14H,2-5,10H2,1H3;1,3-7,12H,2,8-11,13H2;5-10H,17H2,1-4H3;3-6,8-9,16H,7,17H2,1-2H3;. The van der Waals surface area contributed by atoms with E-state index in [1.807, 2.05) is 60.1 Å². The molecule has 1 saturated carbocycles. The van der Waals surface area contributed by atoms with Gasteiger partial charge in [0.15, 0.2) is 5.78 Å². The van der Waals surface area contributed by atoms with Gasteiger partial charge in [-0.05, 0) is 304 Å². The zero-order valence-corrected chi connectivity index (χ0v) is 78.5. The number of ketones is 2. The molecule has 8 aromatic carbocycles. The summed E-state index contributed by atoms with van der Waals surface area (Å²) in [6, 6.07) is 74.3. The van der Waals surface area contributed by atoms with Crippen LogP contribution >= 0.6 is 0 Å². The number of rotatable bonds is 21. The van der Waals surface area contributed by atoms with Gasteiger partial charge >= 0.3 is 6.15 Å². The molecule has 22 rings (SSSR count). The van der Waals surface area contributed by atoms with E-state index in [4.69, 9.17) is 25.8 Å². The van der Waals surface area contributed by atoms with Crippen molar-refractivity contribution in [2.45, 2.75) is 169 Å². The molecule has 1 unspecified atom stereocenters. The zero-order chi connectivity index (χ0) is 93.5. The van der Waals surface area contributed by atoms with Crippen molar-refractivity contribution in [2.24, 2.45) is 25.6 Å². The van der Waals surface area contributed by atoms with Crippen LogP contribution in [0.4, 0.5) is 0 Å². The number of hydrogen-bond donors (Lipinski definition) is 2. The number of carbonyl (C=O) groups excluding carboxylic acids is 4. The third kappa shape index (κ3) is 21.5. The Hall–Kier alpha value is -14.3. The summed E-state index contributed by atoms with van der Waals surface area (Å²) < 4.78 is 24.1. The minimum Gasteiger partial charge on any atom is -0.379 e. The van der Waals surface area contributed by atoms with Crippen LogP contribution in [0.5, 0.6) is 0 Å². The Bertz CT molecular complexity index is 7120. The van der Waals surface area contributed by atoms with E-state index in [2.05, 4.69) is 330 Å². The van der Waals surface area contributed by atoms with Crippen molar-refractivity contribution in [3.05, 3.63) is 352 Å². The lowest BCUT2D eigenvalue weighted by atomic mass is 10.0. The van der Waals surface area contributed by atoms with Gasteiger partial charge in [-0.1, -0.05) is 115 Å². The molecular formula is C111H120N18O5. The molecule has 684 valence electrons. The first kappa shape index (κ1) is 92.9. The second kappa shape index (κ2) is 42.5. The smallest absolute Gasteiger partial charge is 0.373 e. The number of benzene rings is 8. The van der Waals surface area contributed by atoms with Crippen LogP contribution in [0.15, 0.2) is 273 Å². The van der Waals surface area contributed by atoms with E-state index in [1.165, 1.54) is 160 Å². The number of nitrogens with zero attached hydrogens (tertiary/aromatic N) is 16. The number of ether oxygens (including phenoxy) is 1. The second-order valence-corrected chi connectivity index (χ2v) is 36.1. The van der Waals surface area contributed by atoms with Crippen LogP contribution in [0, 0.1) is 6.92 Å². The fraction of sp³-hybridized carbons (Fsp3) is 0.288. The van der Waals surface area contributed by atoms with Gasteiger partial charge in [-0.25, -0.2) is 28.1 Å². The van der Waals surface area contributed by atoms with E-state index in [-0.39, 0.29) is 17.7 Å². The highest BCUT2D eigenvalue weighted by Gasteiger charge is 2.26. The third-order valence-corrected chi connectivity index (χ3v) is 26.0. The molecule has 1 saturated heterocycles. The molecule has 0 bridgehead atoms. The average Bonchev–Trinajstić information content (AvgIpc) is 1.59. The molecule has 4 aliphatic carbocycles. The number of Topliss-reactive ketones (excluding diaryl/α,β-unsaturated/α-hetero) is 2. The monoisotopic (exact) mass is 1780 g/mol. The zero-order valence-electron chi connectivity index (χ0n) is 78.5. The van der Waals surface area contributed by atoms with Crippen molar-refractivity contribution < 1.29 is 23.9 Å². The van der Waals surface area contributed by atoms with Crippen LogP contribution < -0.4 is 11.5 Å². The SMILES string of the molecule is C1=Cc2cc(-n3nccc3CN3CCOCC3)ccc2C1.CC(=O)C(N)c1ccnn1-c1ccc2c(c1)C=C(C)C2.CC(=O)CCCCc1ccnn1-c1ccc2c(ccn2C)c1.CC1=Cc2cc(-n3nccc3C3CCCC3)ccc2C1.CCn1c2ccccc2c2cc(-n3nccc3CCc3ccccc3)ccc21.Cc1cc2cc(-n3nccc3C(C)(C)N)ccc2n1C.O=C=O. The number of fused-ring (bicyclic) bond motifs is 8. The van der Waals surface area contributed by atoms with Crippen molar-refractivity contribution in [3.8, 4) is 34.1 Å². The molecule has 0 spiro atoms. The third-order valence-electron chi connectivity index (χ3n) is 26.0. The van der Waals surface area contributed by atoms with Crippen LogP contribution in [0.3, 0.4) is 0 Å². The molecule has 5 aliphatic rings. The maximum absolute atomic E-state index is 11.5. The molecule has 0 radical (unpaired) electrons. The molecule has 134 heavy (non-hydrogen) atoms. The number of morpholine rings is 1. The van der Waals surface area contributed by atoms with Crippen LogP contribution in [0.1, 0.15) is 184 Å². The lowest BCUT2D eigenvalue weighted by Crippen LogP contribution is -2.36. The van der Waals surface area contributed by atoms with Gasteiger partial charge in [-0.15, -0.1) is 0 Å². The first-order valence-corrected chi connectivity index (χ1v) is 46.7. The molecular weight excluding hydrogens is 1670 g/mol. The van der Waals surface area contributed by atoms with Crippen molar-refractivity contribution in [1.29, 1.82) is 0 Å². The summed E-state index contributed by atoms with van der Waals surface area (Å²) in [4.78, 5) is 41.2. The number of aromatic nitrogens is 15. The van der Waals surface area contributed by atoms with Crippen molar-refractivity contribution in [3.63, 3.8) is 0 Å². The van der Waals surface area contributed by atoms with E-state index < -0.39 is 11.6 Å². The number of aryl methyl sites for hydroxylation is 7. The van der Waals surface area contributed by atoms with E-state index in [0.29, 0.717) is 12.3 Å². The van der Waals surface area contributed by atoms with Crippen LogP contribution in [-0.4, -0.2) is 121 Å². The van der Waals surface area contributed by atoms with Gasteiger partial charge in [-0.2, -0.15) is 40.2 Å². The van der Waals surface area contributed by atoms with Crippen molar-refractivity contribution in [2.75, 3.05) is 26.3 Å². The predicted octanol–water partition coefficient (Wildman–Crippen LogP) is 20.9. The van der Waals surface area contributed by atoms with E-state index >= 15 is 0 Å². The largest absolute Gasteiger partial charge is 0.379 e. The lowest BCUT2D eigenvalue weighted by molar-refractivity contribution is -0.191. The lowest BCUT2D eigenvalue weighted by Gasteiger charge is -2.26. The number of nitrogens with two attached hydrogens (primary N) is 2. The van der Waals surface area contributed by atoms with Crippen LogP contribution in [0.2, 0.25) is 0 Å². The highest BCUT2D eigenvalue weighted by atomic mass is 16.5.